The number of halogens is 1. The first kappa shape index (κ1) is 15.2. The second kappa shape index (κ2) is 7.54. The summed E-state index contributed by atoms with van der Waals surface area (Å²) in [5.74, 6) is 0.438. The van der Waals surface area contributed by atoms with Crippen LogP contribution in [-0.4, -0.2) is 33.1 Å². The molecule has 1 aromatic carbocycles. The van der Waals surface area contributed by atoms with Gasteiger partial charge in [-0.3, -0.25) is 0 Å². The minimum atomic E-state index is -0.623. The Bertz CT molecular complexity index is 524. The van der Waals surface area contributed by atoms with E-state index in [1.165, 1.54) is 6.20 Å². The Balaban J connectivity index is 1.75. The van der Waals surface area contributed by atoms with E-state index >= 15 is 0 Å². The normalized spacial score (nSPS) is 13.9. The van der Waals surface area contributed by atoms with Crippen LogP contribution in [0, 0.1) is 0 Å². The smallest absolute Gasteiger partial charge is 0.245 e. The van der Waals surface area contributed by atoms with Crippen LogP contribution < -0.4 is 10.1 Å². The molecule has 0 aliphatic rings. The van der Waals surface area contributed by atoms with Gasteiger partial charge in [-0.25, -0.2) is 0 Å². The van der Waals surface area contributed by atoms with Crippen molar-refractivity contribution in [2.24, 2.45) is 0 Å². The van der Waals surface area contributed by atoms with Crippen molar-refractivity contribution in [2.45, 2.75) is 19.1 Å². The van der Waals surface area contributed by atoms with E-state index in [-0.39, 0.29) is 12.6 Å². The van der Waals surface area contributed by atoms with Crippen LogP contribution in [0.15, 0.2) is 30.5 Å². The Hall–Kier alpha value is -1.21. The molecule has 1 heterocycles. The molecule has 7 heteroatoms. The molecule has 5 nitrogen and oxygen atoms in total. The van der Waals surface area contributed by atoms with E-state index < -0.39 is 6.10 Å². The van der Waals surface area contributed by atoms with Gasteiger partial charge in [0, 0.05) is 17.6 Å². The Morgan fingerprint density at radius 2 is 2.25 bits per heavy atom. The minimum absolute atomic E-state index is 0.0549. The third-order valence-electron chi connectivity index (χ3n) is 2.80. The van der Waals surface area contributed by atoms with E-state index in [0.29, 0.717) is 17.4 Å². The van der Waals surface area contributed by atoms with Crippen LogP contribution in [0.3, 0.4) is 0 Å². The molecule has 108 valence electrons. The quantitative estimate of drug-likeness (QED) is 0.821. The van der Waals surface area contributed by atoms with Gasteiger partial charge in [0.05, 0.1) is 11.7 Å². The number of nitrogens with one attached hydrogen (secondary N) is 1. The third kappa shape index (κ3) is 4.42. The number of rotatable bonds is 7. The second-order valence-electron chi connectivity index (χ2n) is 4.36. The highest BCUT2D eigenvalue weighted by atomic mass is 35.5. The molecule has 1 aromatic heterocycles. The Morgan fingerprint density at radius 3 is 2.95 bits per heavy atom. The molecule has 0 saturated carbocycles. The number of hydrogen-bond donors (Lipinski definition) is 2. The predicted octanol–water partition coefficient (Wildman–Crippen LogP) is 2.28. The fraction of sp³-hybridized carbons (Fsp3) is 0.385. The van der Waals surface area contributed by atoms with Gasteiger partial charge in [0.25, 0.3) is 0 Å². The van der Waals surface area contributed by atoms with Gasteiger partial charge in [-0.2, -0.15) is 4.37 Å². The van der Waals surface area contributed by atoms with Crippen LogP contribution in [0.5, 0.6) is 5.88 Å². The highest BCUT2D eigenvalue weighted by Crippen LogP contribution is 2.21. The number of aromatic nitrogens is 2. The number of ether oxygens (including phenoxy) is 1. The summed E-state index contributed by atoms with van der Waals surface area (Å²) in [5.41, 5.74) is 1.01. The monoisotopic (exact) mass is 313 g/mol. The molecule has 2 atom stereocenters. The summed E-state index contributed by atoms with van der Waals surface area (Å²) in [6, 6.07) is 7.70. The van der Waals surface area contributed by atoms with Gasteiger partial charge in [-0.05, 0) is 18.6 Å². The van der Waals surface area contributed by atoms with Crippen LogP contribution in [0.4, 0.5) is 0 Å². The van der Waals surface area contributed by atoms with Crippen molar-refractivity contribution in [3.63, 3.8) is 0 Å². The largest absolute Gasteiger partial charge is 0.473 e. The maximum atomic E-state index is 9.85. The molecule has 0 saturated heterocycles. The van der Waals surface area contributed by atoms with E-state index in [9.17, 15) is 5.11 Å². The highest BCUT2D eigenvalue weighted by Gasteiger charge is 2.12. The van der Waals surface area contributed by atoms with Gasteiger partial charge in [0.1, 0.15) is 18.9 Å². The minimum Gasteiger partial charge on any atom is -0.473 e. The predicted molar refractivity (Wildman–Crippen MR) is 79.3 cm³/mol. The van der Waals surface area contributed by atoms with Crippen molar-refractivity contribution in [2.75, 3.05) is 13.2 Å². The Morgan fingerprint density at radius 1 is 1.45 bits per heavy atom. The molecule has 0 aliphatic carbocycles. The van der Waals surface area contributed by atoms with Crippen LogP contribution in [0.25, 0.3) is 0 Å². The summed E-state index contributed by atoms with van der Waals surface area (Å²) in [7, 11) is 0. The number of aliphatic hydroxyl groups excluding tert-OH is 1. The summed E-state index contributed by atoms with van der Waals surface area (Å²) < 4.78 is 13.0. The molecule has 0 amide bonds. The van der Waals surface area contributed by atoms with Gasteiger partial charge in [0.2, 0.25) is 5.88 Å². The average Bonchev–Trinajstić information content (AvgIpc) is 2.96. The topological polar surface area (TPSA) is 67.3 Å². The van der Waals surface area contributed by atoms with Gasteiger partial charge in [0.15, 0.2) is 0 Å². The third-order valence-corrected chi connectivity index (χ3v) is 3.60. The maximum absolute atomic E-state index is 9.85. The molecule has 2 aromatic rings. The maximum Gasteiger partial charge on any atom is 0.245 e. The number of aliphatic hydroxyl groups is 1. The van der Waals surface area contributed by atoms with Crippen molar-refractivity contribution in [1.82, 2.24) is 14.1 Å². The SMILES string of the molecule is C[C@@H](NCC(O)COc1cnsn1)c1ccccc1Cl. The molecule has 0 fully saturated rings. The standard InChI is InChI=1S/C13H16ClN3O2S/c1-9(11-4-2-3-5-12(11)14)15-6-10(18)8-19-13-7-16-20-17-13/h2-5,7,9-10,15,18H,6,8H2,1H3/t9-,10?/m1/s1. The van der Waals surface area contributed by atoms with Gasteiger partial charge < -0.3 is 15.2 Å². The molecule has 0 aliphatic heterocycles. The lowest BCUT2D eigenvalue weighted by Crippen LogP contribution is -2.33. The van der Waals surface area contributed by atoms with Crippen molar-refractivity contribution in [3.8, 4) is 5.88 Å². The van der Waals surface area contributed by atoms with E-state index in [4.69, 9.17) is 16.3 Å². The van der Waals surface area contributed by atoms with Crippen molar-refractivity contribution < 1.29 is 9.84 Å². The van der Waals surface area contributed by atoms with Gasteiger partial charge in [-0.1, -0.05) is 29.8 Å². The zero-order valence-corrected chi connectivity index (χ0v) is 12.6. The van der Waals surface area contributed by atoms with Crippen LogP contribution in [-0.2, 0) is 0 Å². The van der Waals surface area contributed by atoms with Crippen molar-refractivity contribution >= 4 is 23.3 Å². The van der Waals surface area contributed by atoms with Crippen LogP contribution >= 0.6 is 23.3 Å². The summed E-state index contributed by atoms with van der Waals surface area (Å²) in [4.78, 5) is 0. The lowest BCUT2D eigenvalue weighted by molar-refractivity contribution is 0.102. The fourth-order valence-electron chi connectivity index (χ4n) is 1.71. The zero-order chi connectivity index (χ0) is 14.4. The van der Waals surface area contributed by atoms with Crippen LogP contribution in [0.2, 0.25) is 5.02 Å². The summed E-state index contributed by atoms with van der Waals surface area (Å²) in [5, 5.41) is 13.8. The van der Waals surface area contributed by atoms with Gasteiger partial charge >= 0.3 is 0 Å². The number of benzene rings is 1. The molecular weight excluding hydrogens is 298 g/mol. The highest BCUT2D eigenvalue weighted by molar-refractivity contribution is 6.99. The van der Waals surface area contributed by atoms with E-state index in [1.54, 1.807) is 0 Å². The molecule has 0 spiro atoms. The fourth-order valence-corrected chi connectivity index (χ4v) is 2.37. The summed E-state index contributed by atoms with van der Waals surface area (Å²) in [6.45, 7) is 2.58. The molecule has 0 radical (unpaired) electrons. The molecular formula is C13H16ClN3O2S. The average molecular weight is 314 g/mol. The number of hydrogen-bond acceptors (Lipinski definition) is 6. The number of nitrogens with zero attached hydrogens (tertiary/aromatic N) is 2. The first-order valence-corrected chi connectivity index (χ1v) is 7.34. The molecule has 2 rings (SSSR count). The first-order valence-electron chi connectivity index (χ1n) is 6.23. The molecule has 0 bridgehead atoms. The lowest BCUT2D eigenvalue weighted by atomic mass is 10.1. The Kier molecular flexibility index (Phi) is 5.72. The molecule has 20 heavy (non-hydrogen) atoms. The summed E-state index contributed by atoms with van der Waals surface area (Å²) in [6.07, 6.45) is 0.901. The van der Waals surface area contributed by atoms with Gasteiger partial charge in [-0.15, -0.1) is 4.37 Å². The summed E-state index contributed by atoms with van der Waals surface area (Å²) >= 11 is 7.19. The van der Waals surface area contributed by atoms with E-state index in [1.807, 2.05) is 31.2 Å². The lowest BCUT2D eigenvalue weighted by Gasteiger charge is -2.18. The second-order valence-corrected chi connectivity index (χ2v) is 5.33. The van der Waals surface area contributed by atoms with Crippen molar-refractivity contribution in [1.29, 1.82) is 0 Å². The molecule has 2 N–H and O–H groups in total. The Labute approximate surface area is 126 Å². The van der Waals surface area contributed by atoms with Crippen LogP contribution in [0.1, 0.15) is 18.5 Å². The van der Waals surface area contributed by atoms with Crippen molar-refractivity contribution in [3.05, 3.63) is 41.0 Å². The molecule has 1 unspecified atom stereocenters. The zero-order valence-electron chi connectivity index (χ0n) is 11.0. The van der Waals surface area contributed by atoms with E-state index in [0.717, 1.165) is 17.3 Å². The van der Waals surface area contributed by atoms with E-state index in [2.05, 4.69) is 14.1 Å². The first-order chi connectivity index (χ1) is 9.66.